The van der Waals surface area contributed by atoms with Crippen molar-refractivity contribution < 1.29 is 20.6 Å². The fourth-order valence-corrected chi connectivity index (χ4v) is 0. The summed E-state index contributed by atoms with van der Waals surface area (Å²) in [5.74, 6) is 0. The SMILES string of the molecule is [NaH].[O-][Cl+]O. The van der Waals surface area contributed by atoms with Crippen molar-refractivity contribution in [2.75, 3.05) is 0 Å². The van der Waals surface area contributed by atoms with Gasteiger partial charge in [0.25, 0.3) is 0 Å². The maximum Gasteiger partial charge on any atom is 0.327 e. The molecule has 22 valence electrons. The van der Waals surface area contributed by atoms with Gasteiger partial charge >= 0.3 is 40.9 Å². The first-order valence-corrected chi connectivity index (χ1v) is 0.970. The Balaban J connectivity index is 0. The first-order chi connectivity index (χ1) is 1.41. The Morgan fingerprint density at radius 3 is 1.75 bits per heavy atom. The van der Waals surface area contributed by atoms with Crippen LogP contribution < -0.4 is 4.66 Å². The van der Waals surface area contributed by atoms with E-state index in [1.165, 1.54) is 0 Å². The third-order valence-corrected chi connectivity index (χ3v) is 0. The minimum absolute atomic E-state index is 0. The van der Waals surface area contributed by atoms with Crippen molar-refractivity contribution in [3.63, 3.8) is 0 Å². The number of halogens is 1. The minimum atomic E-state index is -0.167. The second-order valence-electron chi connectivity index (χ2n) is 0.0690. The molecular formula is H2ClNaO2. The molecule has 0 aromatic heterocycles. The standard InChI is InChI=1S/ClHO2.Na.H/c2-1-3;;/h2H;;. The van der Waals surface area contributed by atoms with Crippen LogP contribution in [-0.2, 0) is 0 Å². The summed E-state index contributed by atoms with van der Waals surface area (Å²) in [6, 6.07) is 0. The van der Waals surface area contributed by atoms with Crippen LogP contribution in [0.15, 0.2) is 0 Å². The largest absolute Gasteiger partial charge is 0.506 e. The van der Waals surface area contributed by atoms with Gasteiger partial charge in [0.05, 0.1) is 0 Å². The smallest absolute Gasteiger partial charge is 0.327 e. The maximum atomic E-state index is 8.35. The Morgan fingerprint density at radius 1 is 1.75 bits per heavy atom. The van der Waals surface area contributed by atoms with Crippen LogP contribution in [-0.4, -0.2) is 34.2 Å². The molecular weight excluding hydrogens is 90.4 g/mol. The van der Waals surface area contributed by atoms with Crippen LogP contribution in [0.1, 0.15) is 0 Å². The predicted molar refractivity (Wildman–Crippen MR) is 9.37 cm³/mol. The fraction of sp³-hybridized carbons (Fsp3) is 0. The zero-order valence-corrected chi connectivity index (χ0v) is 1.99. The predicted octanol–water partition coefficient (Wildman–Crippen LogP) is -2.39. The van der Waals surface area contributed by atoms with Crippen LogP contribution in [0.3, 0.4) is 0 Å². The molecule has 0 heterocycles. The first kappa shape index (κ1) is 8.96. The third kappa shape index (κ3) is 10.7. The first-order valence-electron chi connectivity index (χ1n) is 0.323. The van der Waals surface area contributed by atoms with E-state index in [1.807, 2.05) is 0 Å². The monoisotopic (exact) mass is 92.0 g/mol. The molecule has 0 atom stereocenters. The Kier molecular flexibility index (Phi) is 19.9. The Labute approximate surface area is 50.2 Å². The van der Waals surface area contributed by atoms with Gasteiger partial charge in [-0.05, 0) is 0 Å². The number of hydrogen-bond acceptors (Lipinski definition) is 2. The minimum Gasteiger partial charge on any atom is -0.506 e. The van der Waals surface area contributed by atoms with Gasteiger partial charge in [-0.3, -0.25) is 0 Å². The fourth-order valence-electron chi connectivity index (χ4n) is 0. The molecule has 0 saturated heterocycles. The van der Waals surface area contributed by atoms with Gasteiger partial charge in [-0.25, -0.2) is 0 Å². The van der Waals surface area contributed by atoms with Crippen molar-refractivity contribution in [2.45, 2.75) is 0 Å². The van der Waals surface area contributed by atoms with E-state index in [4.69, 9.17) is 9.32 Å². The van der Waals surface area contributed by atoms with Crippen molar-refractivity contribution in [2.24, 2.45) is 0 Å². The third-order valence-electron chi connectivity index (χ3n) is 0. The Morgan fingerprint density at radius 2 is 1.75 bits per heavy atom. The van der Waals surface area contributed by atoms with Gasteiger partial charge in [-0.2, -0.15) is 0 Å². The van der Waals surface area contributed by atoms with Crippen LogP contribution in [0.4, 0.5) is 0 Å². The van der Waals surface area contributed by atoms with Crippen LogP contribution in [0.25, 0.3) is 0 Å². The molecule has 0 spiro atoms. The van der Waals surface area contributed by atoms with Gasteiger partial charge in [-0.15, -0.1) is 4.66 Å². The quantitative estimate of drug-likeness (QED) is 0.339. The number of rotatable bonds is 0. The summed E-state index contributed by atoms with van der Waals surface area (Å²) in [7, 11) is 0. The Hall–Kier alpha value is 1.21. The number of hydrogen-bond donors (Lipinski definition) is 1. The van der Waals surface area contributed by atoms with E-state index in [9.17, 15) is 0 Å². The molecule has 0 amide bonds. The molecule has 0 aliphatic heterocycles. The van der Waals surface area contributed by atoms with Gasteiger partial charge in [-0.1, -0.05) is 0 Å². The summed E-state index contributed by atoms with van der Waals surface area (Å²) in [6.45, 7) is 0. The maximum absolute atomic E-state index is 8.35. The van der Waals surface area contributed by atoms with Crippen LogP contribution in [0.2, 0.25) is 0 Å². The van der Waals surface area contributed by atoms with Gasteiger partial charge < -0.3 is 4.66 Å². The van der Waals surface area contributed by atoms with Gasteiger partial charge in [0, 0.05) is 0 Å². The molecule has 0 aromatic carbocycles. The summed E-state index contributed by atoms with van der Waals surface area (Å²) >= 11 is -0.167. The topological polar surface area (TPSA) is 43.3 Å². The molecule has 0 saturated carbocycles. The molecule has 0 unspecified atom stereocenters. The molecule has 0 fully saturated rings. The average molecular weight is 92.5 g/mol. The van der Waals surface area contributed by atoms with E-state index in [0.29, 0.717) is 0 Å². The summed E-state index contributed by atoms with van der Waals surface area (Å²) in [5.41, 5.74) is 0. The molecule has 1 N–H and O–H groups in total. The van der Waals surface area contributed by atoms with E-state index in [-0.39, 0.29) is 40.9 Å². The van der Waals surface area contributed by atoms with Gasteiger partial charge in [0.1, 0.15) is 0 Å². The van der Waals surface area contributed by atoms with Gasteiger partial charge in [0.15, 0.2) is 0 Å². The van der Waals surface area contributed by atoms with Crippen molar-refractivity contribution in [1.82, 2.24) is 0 Å². The van der Waals surface area contributed by atoms with Crippen molar-refractivity contribution >= 4 is 29.6 Å². The van der Waals surface area contributed by atoms with E-state index < -0.39 is 0 Å². The molecule has 4 heteroatoms. The van der Waals surface area contributed by atoms with Crippen LogP contribution in [0, 0.1) is 11.3 Å². The summed E-state index contributed by atoms with van der Waals surface area (Å²) in [6.07, 6.45) is 0. The summed E-state index contributed by atoms with van der Waals surface area (Å²) in [4.78, 5) is 0. The van der Waals surface area contributed by atoms with E-state index in [0.717, 1.165) is 0 Å². The summed E-state index contributed by atoms with van der Waals surface area (Å²) in [5, 5.41) is 0. The van der Waals surface area contributed by atoms with E-state index >= 15 is 0 Å². The molecule has 0 bridgehead atoms. The molecule has 0 aromatic rings. The van der Waals surface area contributed by atoms with Crippen molar-refractivity contribution in [1.29, 1.82) is 0 Å². The van der Waals surface area contributed by atoms with Crippen LogP contribution >= 0.6 is 0 Å². The summed E-state index contributed by atoms with van der Waals surface area (Å²) < 4.78 is 15.2. The molecule has 0 rings (SSSR count). The zero-order valence-electron chi connectivity index (χ0n) is 1.23. The molecule has 2 nitrogen and oxygen atoms in total. The molecule has 0 radical (unpaired) electrons. The molecule has 4 heavy (non-hydrogen) atoms. The van der Waals surface area contributed by atoms with Crippen molar-refractivity contribution in [3.8, 4) is 0 Å². The molecule has 0 aliphatic rings. The average Bonchev–Trinajstić information content (AvgIpc) is 0.918. The van der Waals surface area contributed by atoms with E-state index in [1.54, 1.807) is 0 Å². The zero-order chi connectivity index (χ0) is 2.71. The normalized spacial score (nSPS) is 4.50. The molecule has 0 aliphatic carbocycles. The van der Waals surface area contributed by atoms with Crippen molar-refractivity contribution in [3.05, 3.63) is 0 Å². The van der Waals surface area contributed by atoms with E-state index in [2.05, 4.69) is 0 Å². The van der Waals surface area contributed by atoms with Gasteiger partial charge in [0.2, 0.25) is 0 Å². The second-order valence-corrected chi connectivity index (χ2v) is 0.207. The second kappa shape index (κ2) is 8.88. The Bertz CT molecular complexity index is 6.00. The van der Waals surface area contributed by atoms with Crippen LogP contribution in [0.5, 0.6) is 0 Å².